The molecule has 0 aromatic carbocycles. The van der Waals surface area contributed by atoms with E-state index in [4.69, 9.17) is 29.7 Å². The molecular weight excluding hydrogens is 761 g/mol. The van der Waals surface area contributed by atoms with Crippen LogP contribution >= 0.6 is 0 Å². The quantitative estimate of drug-likeness (QED) is 0.0464. The molecule has 3 aromatic heterocycles. The van der Waals surface area contributed by atoms with Gasteiger partial charge in [0.1, 0.15) is 12.5 Å². The van der Waals surface area contributed by atoms with Gasteiger partial charge in [-0.1, -0.05) is 112 Å². The second kappa shape index (κ2) is 20.1. The van der Waals surface area contributed by atoms with Crippen LogP contribution in [0.2, 0.25) is 0 Å². The summed E-state index contributed by atoms with van der Waals surface area (Å²) in [4.78, 5) is 56.4. The molecule has 3 aromatic rings. The zero-order valence-electron chi connectivity index (χ0n) is 37.5. The second-order valence-corrected chi connectivity index (χ2v) is 17.1. The van der Waals surface area contributed by atoms with Gasteiger partial charge in [0.05, 0.1) is 7.11 Å². The predicted molar refractivity (Wildman–Crippen MR) is 241 cm³/mol. The number of methoxy groups -OCH3 is 1. The summed E-state index contributed by atoms with van der Waals surface area (Å²) in [5, 5.41) is 6.81. The summed E-state index contributed by atoms with van der Waals surface area (Å²) < 4.78 is 11.0. The Morgan fingerprint density at radius 3 is 2.35 bits per heavy atom. The minimum absolute atomic E-state index is 0. The monoisotopic (exact) mass is 821 g/mol. The first-order chi connectivity index (χ1) is 28.2. The molecule has 316 valence electrons. The van der Waals surface area contributed by atoms with Crippen LogP contribution in [-0.4, -0.2) is 54.5 Å². The molecule has 1 saturated heterocycles. The summed E-state index contributed by atoms with van der Waals surface area (Å²) in [6, 6.07) is 0. The van der Waals surface area contributed by atoms with E-state index in [1.807, 2.05) is 44.2 Å². The zero-order chi connectivity index (χ0) is 42.7. The van der Waals surface area contributed by atoms with Crippen molar-refractivity contribution in [1.82, 2.24) is 15.0 Å². The Kier molecular flexibility index (Phi) is 15.6. The van der Waals surface area contributed by atoms with Gasteiger partial charge in [-0.05, 0) is 82.8 Å². The van der Waals surface area contributed by atoms with Gasteiger partial charge in [-0.25, -0.2) is 0 Å². The van der Waals surface area contributed by atoms with E-state index in [0.29, 0.717) is 52.0 Å². The first kappa shape index (κ1) is 46.8. The Balaban J connectivity index is 0.00000683. The summed E-state index contributed by atoms with van der Waals surface area (Å²) >= 11 is 0. The maximum absolute atomic E-state index is 14.3. The summed E-state index contributed by atoms with van der Waals surface area (Å²) in [5.41, 5.74) is 10.7. The first-order valence-electron chi connectivity index (χ1n) is 21.5. The molecule has 3 aliphatic rings. The molecule has 0 radical (unpaired) electrons. The Hall–Kier alpha value is -4.28. The van der Waals surface area contributed by atoms with Gasteiger partial charge in [-0.15, -0.1) is 33.5 Å². The van der Waals surface area contributed by atoms with E-state index in [0.717, 1.165) is 75.7 Å². The van der Waals surface area contributed by atoms with E-state index in [1.165, 1.54) is 25.5 Å². The fourth-order valence-electron chi connectivity index (χ4n) is 8.96. The average Bonchev–Trinajstić information content (AvgIpc) is 3.94. The van der Waals surface area contributed by atoms with Gasteiger partial charge in [0.2, 0.25) is 0 Å². The van der Waals surface area contributed by atoms with E-state index >= 15 is 0 Å². The van der Waals surface area contributed by atoms with Crippen molar-refractivity contribution in [2.45, 2.75) is 114 Å². The van der Waals surface area contributed by atoms with Crippen molar-refractivity contribution in [2.24, 2.45) is 29.6 Å². The molecule has 10 heteroatoms. The molecule has 1 aliphatic carbocycles. The fourth-order valence-corrected chi connectivity index (χ4v) is 8.96. The van der Waals surface area contributed by atoms with E-state index < -0.39 is 11.9 Å². The van der Waals surface area contributed by atoms with Crippen LogP contribution in [0.25, 0.3) is 35.2 Å². The largest absolute Gasteiger partial charge is 2.00 e. The number of Topliss-reactive ketones (excluding diaryl/α,β-unsaturated/α-hetero) is 1. The van der Waals surface area contributed by atoms with Crippen molar-refractivity contribution in [1.29, 1.82) is 0 Å². The Morgan fingerprint density at radius 2 is 1.67 bits per heavy atom. The van der Waals surface area contributed by atoms with Crippen molar-refractivity contribution >= 4 is 70.7 Å². The number of ether oxygens (including phenoxy) is 2. The van der Waals surface area contributed by atoms with Crippen molar-refractivity contribution in [3.8, 4) is 0 Å². The summed E-state index contributed by atoms with van der Waals surface area (Å²) in [6.45, 7) is 23.3. The number of allylic oxidation sites excluding steroid dienone is 3. The number of hydrogen-bond donors (Lipinski definition) is 0. The Labute approximate surface area is 372 Å². The molecule has 2 aliphatic heterocycles. The van der Waals surface area contributed by atoms with Crippen LogP contribution in [0, 0.1) is 56.8 Å². The molecule has 0 saturated carbocycles. The molecular formula is C50H61MgN4O5-3. The fraction of sp³-hybridized carbons (Fsp3) is 0.480. The van der Waals surface area contributed by atoms with Crippen LogP contribution in [0.3, 0.4) is 0 Å². The average molecular weight is 822 g/mol. The second-order valence-electron chi connectivity index (χ2n) is 17.1. The van der Waals surface area contributed by atoms with Gasteiger partial charge >= 0.3 is 35.0 Å². The smallest absolute Gasteiger partial charge is 0.664 e. The van der Waals surface area contributed by atoms with Crippen molar-refractivity contribution in [3.05, 3.63) is 108 Å². The third-order valence-corrected chi connectivity index (χ3v) is 12.6. The molecule has 0 amide bonds. The molecule has 0 unspecified atom stereocenters. The number of esters is 2. The number of rotatable bonds is 16. The number of nitrogens with zero attached hydrogens (tertiary/aromatic N) is 4. The summed E-state index contributed by atoms with van der Waals surface area (Å²) in [6.07, 6.45) is 19.1. The number of fused-ring (bicyclic) bond motifs is 7. The van der Waals surface area contributed by atoms with Gasteiger partial charge in [-0.2, -0.15) is 23.7 Å². The van der Waals surface area contributed by atoms with Crippen LogP contribution < -0.4 is 25.7 Å². The molecule has 0 spiro atoms. The van der Waals surface area contributed by atoms with Crippen LogP contribution in [0.5, 0.6) is 0 Å². The van der Waals surface area contributed by atoms with Gasteiger partial charge in [-0.3, -0.25) is 14.4 Å². The van der Waals surface area contributed by atoms with Gasteiger partial charge in [0.25, 0.3) is 0 Å². The van der Waals surface area contributed by atoms with E-state index in [-0.39, 0.29) is 59.7 Å². The maximum atomic E-state index is 14.3. The molecule has 8 bridgehead atoms. The SMILES string of the molecule is C=Cc1c2[n-]c(c1C)/C=C1\[N-]/C(=C3\c4[n-]c(c(C)c4C(=O)[C@@H]3C(=O)OC)/C=c3\[n-]/c(c(C)c3CC)=C\2)[C@@H](CCC(=O)OC/C=C(\C)CCC[C@H](C)CC[CH-]C(C)C)[C@@H]1C.[Mg+2]. The number of aromatic nitrogens is 3. The van der Waals surface area contributed by atoms with Gasteiger partial charge in [0.15, 0.2) is 5.78 Å². The van der Waals surface area contributed by atoms with Crippen molar-refractivity contribution in [3.63, 3.8) is 0 Å². The maximum Gasteiger partial charge on any atom is 2.00 e. The van der Waals surface area contributed by atoms with E-state index in [1.54, 1.807) is 0 Å². The number of carbonyl (C=O) groups excluding carboxylic acids is 3. The third-order valence-electron chi connectivity index (χ3n) is 12.6. The standard InChI is InChI=1S/C50H62N4O5.Mg/c1-12-34-30(7)37-24-39-32(9)36(20-21-43(55)59-23-22-29(6)19-15-18-28(5)17-14-16-27(3)4)47(53-39)45-46(50(57)58-11)49(56)44-33(10)40(54-48(44)45)26-42-35(13-2)31(8)38(52-42)25-41(34)51-37;/h12,16,22,24-28,32,36,46H,1,13-15,17-21,23H2,2-11H3,(H-,53,54,56);/q-4;+2/p-1/b29-22+,38-25-,39-24-,42-26-;/t28-,32+,36+,46-;/m1./s1. The van der Waals surface area contributed by atoms with Crippen LogP contribution in [0.4, 0.5) is 0 Å². The normalized spacial score (nSPS) is 21.9. The summed E-state index contributed by atoms with van der Waals surface area (Å²) in [7, 11) is 1.29. The van der Waals surface area contributed by atoms with Crippen LogP contribution in [-0.2, 0) is 25.5 Å². The molecule has 9 nitrogen and oxygen atoms in total. The minimum atomic E-state index is -1.22. The molecule has 5 heterocycles. The van der Waals surface area contributed by atoms with Crippen molar-refractivity contribution in [2.75, 3.05) is 13.7 Å². The van der Waals surface area contributed by atoms with Gasteiger partial charge in [0, 0.05) is 12.0 Å². The number of carbonyl (C=O) groups is 3. The van der Waals surface area contributed by atoms with Crippen LogP contribution in [0.15, 0.2) is 29.6 Å². The first-order valence-corrected chi connectivity index (χ1v) is 21.5. The molecule has 1 fully saturated rings. The van der Waals surface area contributed by atoms with Crippen LogP contribution in [0.1, 0.15) is 147 Å². The molecule has 60 heavy (non-hydrogen) atoms. The van der Waals surface area contributed by atoms with Crippen molar-refractivity contribution < 1.29 is 23.9 Å². The van der Waals surface area contributed by atoms with E-state index in [2.05, 4.69) is 61.5 Å². The minimum Gasteiger partial charge on any atom is -0.664 e. The van der Waals surface area contributed by atoms with Gasteiger partial charge < -0.3 is 36.2 Å². The Morgan fingerprint density at radius 1 is 0.950 bits per heavy atom. The Bertz CT molecular complexity index is 2350. The topological polar surface area (TPSA) is 126 Å². The molecule has 4 atom stereocenters. The predicted octanol–water partition coefficient (Wildman–Crippen LogP) is 8.37. The van der Waals surface area contributed by atoms with E-state index in [9.17, 15) is 14.4 Å². The molecule has 6 rings (SSSR count). The third kappa shape index (κ3) is 9.60. The molecule has 0 N–H and O–H groups in total. The number of hydrogen-bond acceptors (Lipinski definition) is 5. The zero-order valence-corrected chi connectivity index (χ0v) is 38.9. The summed E-state index contributed by atoms with van der Waals surface area (Å²) in [5.74, 6) is -1.73. The number of ketones is 1.